The molecule has 0 saturated heterocycles. The Labute approximate surface area is 87.1 Å². The van der Waals surface area contributed by atoms with E-state index in [0.29, 0.717) is 11.6 Å². The minimum atomic E-state index is 0.360. The maximum absolute atomic E-state index is 10.5. The topological polar surface area (TPSA) is 22.0 Å². The lowest BCUT2D eigenvalue weighted by molar-refractivity contribution is -0.108. The van der Waals surface area contributed by atoms with Crippen molar-refractivity contribution in [3.8, 4) is 0 Å². The van der Waals surface area contributed by atoms with Crippen molar-refractivity contribution in [3.05, 3.63) is 35.0 Å². The normalized spacial score (nSPS) is 10.7. The molecule has 2 nitrogen and oxygen atoms in total. The summed E-state index contributed by atoms with van der Waals surface area (Å²) in [7, 11) is 0. The van der Waals surface area contributed by atoms with Gasteiger partial charge in [-0.05, 0) is 19.1 Å². The molecular weight excluding hydrogens is 198 g/mol. The number of benzene rings is 1. The molecule has 0 N–H and O–H groups in total. The zero-order valence-electron chi connectivity index (χ0n) is 7.83. The van der Waals surface area contributed by atoms with Crippen molar-refractivity contribution in [2.45, 2.75) is 13.5 Å². The van der Waals surface area contributed by atoms with E-state index >= 15 is 0 Å². The van der Waals surface area contributed by atoms with E-state index in [9.17, 15) is 4.79 Å². The van der Waals surface area contributed by atoms with Gasteiger partial charge in [-0.2, -0.15) is 0 Å². The molecule has 3 heteroatoms. The standard InChI is InChI=1S/C11H10ClNO/c1-8-7-9-3-2-4-10(12)11(9)13(8)5-6-14/h2-4,6-7H,5H2,1H3. The summed E-state index contributed by atoms with van der Waals surface area (Å²) in [6.07, 6.45) is 0.885. The van der Waals surface area contributed by atoms with Crippen LogP contribution in [0.3, 0.4) is 0 Å². The number of para-hydroxylation sites is 1. The average Bonchev–Trinajstić information content (AvgIpc) is 2.45. The number of rotatable bonds is 2. The fourth-order valence-corrected chi connectivity index (χ4v) is 2.01. The molecule has 14 heavy (non-hydrogen) atoms. The summed E-state index contributed by atoms with van der Waals surface area (Å²) < 4.78 is 1.92. The van der Waals surface area contributed by atoms with E-state index in [0.717, 1.165) is 22.9 Å². The van der Waals surface area contributed by atoms with E-state index in [1.807, 2.05) is 35.8 Å². The van der Waals surface area contributed by atoms with Crippen LogP contribution in [-0.2, 0) is 11.3 Å². The van der Waals surface area contributed by atoms with Crippen molar-refractivity contribution in [1.29, 1.82) is 0 Å². The summed E-state index contributed by atoms with van der Waals surface area (Å²) in [5.74, 6) is 0. The highest BCUT2D eigenvalue weighted by molar-refractivity contribution is 6.35. The predicted octanol–water partition coefficient (Wildman–Crippen LogP) is 2.80. The van der Waals surface area contributed by atoms with Crippen molar-refractivity contribution in [2.75, 3.05) is 0 Å². The van der Waals surface area contributed by atoms with Crippen LogP contribution in [0.15, 0.2) is 24.3 Å². The zero-order valence-corrected chi connectivity index (χ0v) is 8.58. The molecule has 0 spiro atoms. The van der Waals surface area contributed by atoms with Gasteiger partial charge in [0.1, 0.15) is 6.29 Å². The van der Waals surface area contributed by atoms with Gasteiger partial charge in [-0.15, -0.1) is 0 Å². The highest BCUT2D eigenvalue weighted by Gasteiger charge is 2.07. The Morgan fingerprint density at radius 3 is 3.00 bits per heavy atom. The van der Waals surface area contributed by atoms with Gasteiger partial charge in [-0.3, -0.25) is 0 Å². The third-order valence-corrected chi connectivity index (χ3v) is 2.64. The molecule has 1 aromatic heterocycles. The molecular formula is C11H10ClNO. The summed E-state index contributed by atoms with van der Waals surface area (Å²) in [6, 6.07) is 7.78. The number of carbonyl (C=O) groups excluding carboxylic acids is 1. The van der Waals surface area contributed by atoms with Crippen molar-refractivity contribution < 1.29 is 4.79 Å². The van der Waals surface area contributed by atoms with Crippen LogP contribution in [-0.4, -0.2) is 10.9 Å². The van der Waals surface area contributed by atoms with Gasteiger partial charge in [-0.25, -0.2) is 0 Å². The first-order valence-electron chi connectivity index (χ1n) is 4.42. The molecule has 72 valence electrons. The Bertz CT molecular complexity index is 487. The van der Waals surface area contributed by atoms with Crippen LogP contribution in [0.5, 0.6) is 0 Å². The van der Waals surface area contributed by atoms with E-state index in [2.05, 4.69) is 0 Å². The molecule has 0 aliphatic rings. The first-order valence-corrected chi connectivity index (χ1v) is 4.80. The molecule has 0 aliphatic carbocycles. The minimum absolute atomic E-state index is 0.360. The maximum Gasteiger partial charge on any atom is 0.139 e. The molecule has 0 unspecified atom stereocenters. The molecule has 0 fully saturated rings. The van der Waals surface area contributed by atoms with Crippen LogP contribution < -0.4 is 0 Å². The molecule has 0 bridgehead atoms. The third-order valence-electron chi connectivity index (χ3n) is 2.34. The average molecular weight is 208 g/mol. The number of aldehydes is 1. The van der Waals surface area contributed by atoms with Crippen LogP contribution >= 0.6 is 11.6 Å². The Morgan fingerprint density at radius 1 is 1.50 bits per heavy atom. The van der Waals surface area contributed by atoms with Crippen molar-refractivity contribution in [2.24, 2.45) is 0 Å². The van der Waals surface area contributed by atoms with Crippen LogP contribution in [0.25, 0.3) is 10.9 Å². The summed E-state index contributed by atoms with van der Waals surface area (Å²) in [5.41, 5.74) is 2.00. The van der Waals surface area contributed by atoms with Gasteiger partial charge in [0, 0.05) is 11.1 Å². The largest absolute Gasteiger partial charge is 0.337 e. The number of carbonyl (C=O) groups is 1. The number of aryl methyl sites for hydroxylation is 1. The smallest absolute Gasteiger partial charge is 0.139 e. The number of hydrogen-bond donors (Lipinski definition) is 0. The summed E-state index contributed by atoms with van der Waals surface area (Å²) in [6.45, 7) is 2.33. The van der Waals surface area contributed by atoms with Gasteiger partial charge < -0.3 is 9.36 Å². The number of nitrogens with zero attached hydrogens (tertiary/aromatic N) is 1. The lowest BCUT2D eigenvalue weighted by Gasteiger charge is -2.03. The van der Waals surface area contributed by atoms with Crippen LogP contribution in [0.4, 0.5) is 0 Å². The van der Waals surface area contributed by atoms with Gasteiger partial charge >= 0.3 is 0 Å². The number of halogens is 1. The van der Waals surface area contributed by atoms with Crippen molar-refractivity contribution >= 4 is 28.8 Å². The Balaban J connectivity index is 2.79. The first kappa shape index (κ1) is 9.28. The van der Waals surface area contributed by atoms with Crippen molar-refractivity contribution in [1.82, 2.24) is 4.57 Å². The van der Waals surface area contributed by atoms with Gasteiger partial charge in [-0.1, -0.05) is 23.7 Å². The molecule has 2 aromatic rings. The minimum Gasteiger partial charge on any atom is -0.337 e. The molecule has 0 saturated carbocycles. The molecule has 0 atom stereocenters. The Hall–Kier alpha value is -1.28. The summed E-state index contributed by atoms with van der Waals surface area (Å²) in [4.78, 5) is 10.5. The first-order chi connectivity index (χ1) is 6.74. The maximum atomic E-state index is 10.5. The lowest BCUT2D eigenvalue weighted by Crippen LogP contribution is -2.00. The Kier molecular flexibility index (Phi) is 2.30. The monoisotopic (exact) mass is 207 g/mol. The highest BCUT2D eigenvalue weighted by atomic mass is 35.5. The van der Waals surface area contributed by atoms with Gasteiger partial charge in [0.25, 0.3) is 0 Å². The molecule has 0 aliphatic heterocycles. The predicted molar refractivity (Wildman–Crippen MR) is 57.7 cm³/mol. The molecule has 0 radical (unpaired) electrons. The number of aromatic nitrogens is 1. The van der Waals surface area contributed by atoms with Gasteiger partial charge in [0.15, 0.2) is 0 Å². The quantitative estimate of drug-likeness (QED) is 0.695. The van der Waals surface area contributed by atoms with Crippen molar-refractivity contribution in [3.63, 3.8) is 0 Å². The van der Waals surface area contributed by atoms with Gasteiger partial charge in [0.05, 0.1) is 17.1 Å². The molecule has 1 heterocycles. The molecule has 1 aromatic carbocycles. The molecule has 2 rings (SSSR count). The van der Waals surface area contributed by atoms with E-state index in [1.54, 1.807) is 0 Å². The fourth-order valence-electron chi connectivity index (χ4n) is 1.72. The second-order valence-corrected chi connectivity index (χ2v) is 3.65. The van der Waals surface area contributed by atoms with E-state index < -0.39 is 0 Å². The summed E-state index contributed by atoms with van der Waals surface area (Å²) in [5, 5.41) is 1.77. The van der Waals surface area contributed by atoms with Crippen LogP contribution in [0, 0.1) is 6.92 Å². The van der Waals surface area contributed by atoms with Crippen LogP contribution in [0.2, 0.25) is 5.02 Å². The van der Waals surface area contributed by atoms with Gasteiger partial charge in [0.2, 0.25) is 0 Å². The second-order valence-electron chi connectivity index (χ2n) is 3.24. The third kappa shape index (κ3) is 1.32. The highest BCUT2D eigenvalue weighted by Crippen LogP contribution is 2.26. The lowest BCUT2D eigenvalue weighted by atomic mass is 10.2. The SMILES string of the molecule is Cc1cc2cccc(Cl)c2n1CC=O. The number of hydrogen-bond acceptors (Lipinski definition) is 1. The Morgan fingerprint density at radius 2 is 2.29 bits per heavy atom. The van der Waals surface area contributed by atoms with E-state index in [-0.39, 0.29) is 0 Å². The van der Waals surface area contributed by atoms with E-state index in [4.69, 9.17) is 11.6 Å². The van der Waals surface area contributed by atoms with E-state index in [1.165, 1.54) is 0 Å². The van der Waals surface area contributed by atoms with Crippen LogP contribution in [0.1, 0.15) is 5.69 Å². The number of fused-ring (bicyclic) bond motifs is 1. The fraction of sp³-hybridized carbons (Fsp3) is 0.182. The second kappa shape index (κ2) is 3.46. The molecule has 0 amide bonds. The zero-order chi connectivity index (χ0) is 10.1. The summed E-state index contributed by atoms with van der Waals surface area (Å²) >= 11 is 6.07.